The van der Waals surface area contributed by atoms with E-state index in [-0.39, 0.29) is 23.8 Å². The predicted octanol–water partition coefficient (Wildman–Crippen LogP) is 1.82. The summed E-state index contributed by atoms with van der Waals surface area (Å²) in [4.78, 5) is 26.3. The van der Waals surface area contributed by atoms with Gasteiger partial charge in [-0.05, 0) is 44.5 Å². The van der Waals surface area contributed by atoms with Crippen LogP contribution in [0, 0.1) is 20.8 Å². The van der Waals surface area contributed by atoms with E-state index in [1.807, 2.05) is 19.9 Å². The van der Waals surface area contributed by atoms with Gasteiger partial charge in [0.15, 0.2) is 5.76 Å². The van der Waals surface area contributed by atoms with E-state index in [0.717, 1.165) is 11.3 Å². The van der Waals surface area contributed by atoms with Crippen molar-refractivity contribution in [2.75, 3.05) is 0 Å². The third-order valence-corrected chi connectivity index (χ3v) is 2.88. The van der Waals surface area contributed by atoms with Crippen molar-refractivity contribution in [1.29, 1.82) is 0 Å². The molecule has 2 rings (SSSR count). The topological polar surface area (TPSA) is 75.1 Å². The normalized spacial score (nSPS) is 10.5. The summed E-state index contributed by atoms with van der Waals surface area (Å²) in [6, 6.07) is 5.20. The summed E-state index contributed by atoms with van der Waals surface area (Å²) >= 11 is 0. The fourth-order valence-corrected chi connectivity index (χ4v) is 1.91. The van der Waals surface area contributed by atoms with Gasteiger partial charge in [-0.3, -0.25) is 9.59 Å². The molecule has 0 spiro atoms. The number of furan rings is 1. The number of carbonyl (C=O) groups is 1. The van der Waals surface area contributed by atoms with Crippen LogP contribution in [0.3, 0.4) is 0 Å². The standard InChI is InChI=1S/C14H16N2O3/c1-8-6-9(2)16-13(17)11(8)7-15-14(18)12-5-4-10(3)19-12/h4-6H,7H2,1-3H3,(H,15,18)(H,16,17). The smallest absolute Gasteiger partial charge is 0.287 e. The Kier molecular flexibility index (Phi) is 3.55. The highest BCUT2D eigenvalue weighted by Gasteiger charge is 2.11. The van der Waals surface area contributed by atoms with Gasteiger partial charge < -0.3 is 14.7 Å². The molecule has 0 aromatic carbocycles. The Morgan fingerprint density at radius 3 is 2.63 bits per heavy atom. The van der Waals surface area contributed by atoms with Crippen molar-refractivity contribution >= 4 is 5.91 Å². The minimum atomic E-state index is -0.326. The van der Waals surface area contributed by atoms with Crippen LogP contribution in [0.25, 0.3) is 0 Å². The molecule has 0 radical (unpaired) electrons. The van der Waals surface area contributed by atoms with Crippen LogP contribution >= 0.6 is 0 Å². The van der Waals surface area contributed by atoms with Gasteiger partial charge in [-0.25, -0.2) is 0 Å². The lowest BCUT2D eigenvalue weighted by molar-refractivity contribution is 0.0921. The van der Waals surface area contributed by atoms with Crippen molar-refractivity contribution in [3.63, 3.8) is 0 Å². The zero-order valence-electron chi connectivity index (χ0n) is 11.2. The largest absolute Gasteiger partial charge is 0.456 e. The molecule has 0 aliphatic rings. The van der Waals surface area contributed by atoms with E-state index in [2.05, 4.69) is 10.3 Å². The first-order valence-electron chi connectivity index (χ1n) is 6.01. The van der Waals surface area contributed by atoms with E-state index < -0.39 is 0 Å². The van der Waals surface area contributed by atoms with Crippen molar-refractivity contribution in [3.05, 3.63) is 56.9 Å². The second-order valence-electron chi connectivity index (χ2n) is 4.54. The maximum Gasteiger partial charge on any atom is 0.287 e. The highest BCUT2D eigenvalue weighted by atomic mass is 16.3. The Morgan fingerprint density at radius 2 is 2.05 bits per heavy atom. The Labute approximate surface area is 110 Å². The minimum absolute atomic E-state index is 0.173. The molecule has 1 amide bonds. The van der Waals surface area contributed by atoms with Crippen molar-refractivity contribution in [2.45, 2.75) is 27.3 Å². The quantitative estimate of drug-likeness (QED) is 0.884. The van der Waals surface area contributed by atoms with Crippen LogP contribution in [-0.4, -0.2) is 10.9 Å². The summed E-state index contributed by atoms with van der Waals surface area (Å²) in [5.74, 6) is 0.598. The molecule has 0 bridgehead atoms. The molecule has 2 heterocycles. The summed E-state index contributed by atoms with van der Waals surface area (Å²) in [5.41, 5.74) is 2.05. The van der Waals surface area contributed by atoms with Crippen LogP contribution in [0.2, 0.25) is 0 Å². The van der Waals surface area contributed by atoms with E-state index in [4.69, 9.17) is 4.42 Å². The fraction of sp³-hybridized carbons (Fsp3) is 0.286. The molecule has 0 fully saturated rings. The van der Waals surface area contributed by atoms with Crippen molar-refractivity contribution < 1.29 is 9.21 Å². The number of carbonyl (C=O) groups excluding carboxylic acids is 1. The number of aromatic amines is 1. The summed E-state index contributed by atoms with van der Waals surface area (Å²) in [6.07, 6.45) is 0. The molecule has 100 valence electrons. The molecule has 0 aliphatic heterocycles. The van der Waals surface area contributed by atoms with E-state index in [1.54, 1.807) is 19.1 Å². The predicted molar refractivity (Wildman–Crippen MR) is 71.2 cm³/mol. The molecule has 5 nitrogen and oxygen atoms in total. The number of H-pyrrole nitrogens is 1. The highest BCUT2D eigenvalue weighted by Crippen LogP contribution is 2.07. The first-order chi connectivity index (χ1) is 8.97. The number of aromatic nitrogens is 1. The average molecular weight is 260 g/mol. The summed E-state index contributed by atoms with van der Waals surface area (Å²) in [7, 11) is 0. The van der Waals surface area contributed by atoms with Gasteiger partial charge in [-0.15, -0.1) is 0 Å². The zero-order valence-corrected chi connectivity index (χ0v) is 11.2. The number of hydrogen-bond acceptors (Lipinski definition) is 3. The van der Waals surface area contributed by atoms with Crippen LogP contribution in [0.4, 0.5) is 0 Å². The van der Waals surface area contributed by atoms with Crippen LogP contribution < -0.4 is 10.9 Å². The SMILES string of the molecule is Cc1cc(C)c(CNC(=O)c2ccc(C)o2)c(=O)[nH]1. The maximum absolute atomic E-state index is 11.8. The van der Waals surface area contributed by atoms with E-state index >= 15 is 0 Å². The van der Waals surface area contributed by atoms with Crippen molar-refractivity contribution in [3.8, 4) is 0 Å². The van der Waals surface area contributed by atoms with Gasteiger partial charge in [0.25, 0.3) is 11.5 Å². The second-order valence-corrected chi connectivity index (χ2v) is 4.54. The number of aryl methyl sites for hydroxylation is 3. The molecule has 5 heteroatoms. The lowest BCUT2D eigenvalue weighted by Crippen LogP contribution is -2.27. The van der Waals surface area contributed by atoms with Gasteiger partial charge in [0, 0.05) is 17.8 Å². The van der Waals surface area contributed by atoms with Crippen LogP contribution in [0.1, 0.15) is 33.1 Å². The Bertz CT molecular complexity index is 668. The third-order valence-electron chi connectivity index (χ3n) is 2.88. The molecule has 2 aromatic heterocycles. The number of hydrogen-bond donors (Lipinski definition) is 2. The van der Waals surface area contributed by atoms with Crippen LogP contribution in [0.5, 0.6) is 0 Å². The summed E-state index contributed by atoms with van der Waals surface area (Å²) < 4.78 is 5.22. The first-order valence-corrected chi connectivity index (χ1v) is 6.01. The van der Waals surface area contributed by atoms with Gasteiger partial charge in [0.05, 0.1) is 0 Å². The monoisotopic (exact) mass is 260 g/mol. The number of amides is 1. The van der Waals surface area contributed by atoms with Gasteiger partial charge in [0.2, 0.25) is 0 Å². The summed E-state index contributed by atoms with van der Waals surface area (Å²) in [5, 5.41) is 2.68. The molecular formula is C14H16N2O3. The first kappa shape index (κ1) is 13.1. The van der Waals surface area contributed by atoms with Gasteiger partial charge in [-0.2, -0.15) is 0 Å². The number of nitrogens with one attached hydrogen (secondary N) is 2. The van der Waals surface area contributed by atoms with Crippen molar-refractivity contribution in [1.82, 2.24) is 10.3 Å². The number of rotatable bonds is 3. The van der Waals surface area contributed by atoms with Gasteiger partial charge in [-0.1, -0.05) is 0 Å². The molecule has 0 aliphatic carbocycles. The highest BCUT2D eigenvalue weighted by molar-refractivity contribution is 5.91. The summed E-state index contributed by atoms with van der Waals surface area (Å²) in [6.45, 7) is 5.62. The lowest BCUT2D eigenvalue weighted by atomic mass is 10.1. The average Bonchev–Trinajstić information content (AvgIpc) is 2.74. The maximum atomic E-state index is 11.8. The van der Waals surface area contributed by atoms with E-state index in [9.17, 15) is 9.59 Å². The molecule has 0 unspecified atom stereocenters. The lowest BCUT2D eigenvalue weighted by Gasteiger charge is -2.07. The zero-order chi connectivity index (χ0) is 14.0. The van der Waals surface area contributed by atoms with Crippen LogP contribution in [0.15, 0.2) is 27.4 Å². The Hall–Kier alpha value is -2.30. The molecule has 19 heavy (non-hydrogen) atoms. The second kappa shape index (κ2) is 5.14. The van der Waals surface area contributed by atoms with Crippen LogP contribution in [-0.2, 0) is 6.54 Å². The van der Waals surface area contributed by atoms with E-state index in [1.165, 1.54) is 0 Å². The third kappa shape index (κ3) is 2.93. The molecule has 2 N–H and O–H groups in total. The van der Waals surface area contributed by atoms with Crippen molar-refractivity contribution in [2.24, 2.45) is 0 Å². The molecule has 0 saturated heterocycles. The van der Waals surface area contributed by atoms with Gasteiger partial charge in [0.1, 0.15) is 5.76 Å². The Balaban J connectivity index is 2.11. The molecule has 0 atom stereocenters. The minimum Gasteiger partial charge on any atom is -0.456 e. The Morgan fingerprint density at radius 1 is 1.32 bits per heavy atom. The fourth-order valence-electron chi connectivity index (χ4n) is 1.91. The molecular weight excluding hydrogens is 244 g/mol. The molecule has 2 aromatic rings. The van der Waals surface area contributed by atoms with Gasteiger partial charge >= 0.3 is 0 Å². The van der Waals surface area contributed by atoms with E-state index in [0.29, 0.717) is 11.3 Å². The number of pyridine rings is 1. The molecule has 0 saturated carbocycles.